The predicted molar refractivity (Wildman–Crippen MR) is 136 cm³/mol. The SMILES string of the molecule is COC1CCc2nc(-c3c(C)ccc(C(=O)C4CNCCC4C4(C#N)C=CC=CC4)c3C)[nH]c2C1. The molecule has 4 unspecified atom stereocenters. The Bertz CT molecular complexity index is 1230. The molecule has 1 aromatic carbocycles. The molecule has 0 radical (unpaired) electrons. The van der Waals surface area contributed by atoms with Gasteiger partial charge in [-0.25, -0.2) is 4.98 Å². The summed E-state index contributed by atoms with van der Waals surface area (Å²) in [4.78, 5) is 22.5. The fourth-order valence-electron chi connectivity index (χ4n) is 6.27. The number of methoxy groups -OCH3 is 1. The molecule has 0 saturated carbocycles. The van der Waals surface area contributed by atoms with Crippen LogP contribution in [-0.4, -0.2) is 42.1 Å². The zero-order valence-electron chi connectivity index (χ0n) is 20.9. The number of aromatic amines is 1. The highest BCUT2D eigenvalue weighted by Crippen LogP contribution is 2.44. The number of carbonyl (C=O) groups is 1. The fourth-order valence-corrected chi connectivity index (χ4v) is 6.27. The van der Waals surface area contributed by atoms with Crippen LogP contribution in [0.3, 0.4) is 0 Å². The van der Waals surface area contributed by atoms with Gasteiger partial charge in [0.1, 0.15) is 5.82 Å². The summed E-state index contributed by atoms with van der Waals surface area (Å²) in [6.45, 7) is 5.53. The van der Waals surface area contributed by atoms with Gasteiger partial charge in [-0.15, -0.1) is 0 Å². The zero-order chi connectivity index (χ0) is 24.6. The van der Waals surface area contributed by atoms with E-state index in [1.54, 1.807) is 7.11 Å². The van der Waals surface area contributed by atoms with Crippen LogP contribution in [0.2, 0.25) is 0 Å². The minimum absolute atomic E-state index is 0.0199. The molecule has 0 amide bonds. The van der Waals surface area contributed by atoms with Crippen LogP contribution >= 0.6 is 0 Å². The first-order chi connectivity index (χ1) is 17.0. The lowest BCUT2D eigenvalue weighted by Gasteiger charge is -2.41. The molecule has 35 heavy (non-hydrogen) atoms. The van der Waals surface area contributed by atoms with Crippen LogP contribution in [0.25, 0.3) is 11.4 Å². The average Bonchev–Trinajstić information content (AvgIpc) is 3.31. The second-order valence-electron chi connectivity index (χ2n) is 10.3. The Kier molecular flexibility index (Phi) is 6.48. The Morgan fingerprint density at radius 1 is 1.26 bits per heavy atom. The molecule has 0 bridgehead atoms. The van der Waals surface area contributed by atoms with Crippen molar-refractivity contribution >= 4 is 5.78 Å². The van der Waals surface area contributed by atoms with E-state index in [9.17, 15) is 10.1 Å². The third-order valence-electron chi connectivity index (χ3n) is 8.29. The molecule has 4 atom stereocenters. The summed E-state index contributed by atoms with van der Waals surface area (Å²) in [7, 11) is 1.76. The van der Waals surface area contributed by atoms with E-state index in [-0.39, 0.29) is 23.7 Å². The minimum Gasteiger partial charge on any atom is -0.381 e. The predicted octanol–water partition coefficient (Wildman–Crippen LogP) is 4.63. The maximum atomic E-state index is 14.1. The van der Waals surface area contributed by atoms with Gasteiger partial charge in [0, 0.05) is 42.8 Å². The summed E-state index contributed by atoms with van der Waals surface area (Å²) in [5, 5.41) is 13.6. The third kappa shape index (κ3) is 4.17. The van der Waals surface area contributed by atoms with E-state index in [0.717, 1.165) is 71.7 Å². The van der Waals surface area contributed by atoms with E-state index >= 15 is 0 Å². The van der Waals surface area contributed by atoms with Crippen molar-refractivity contribution in [1.29, 1.82) is 5.26 Å². The maximum absolute atomic E-state index is 14.1. The van der Waals surface area contributed by atoms with E-state index in [4.69, 9.17) is 9.72 Å². The highest BCUT2D eigenvalue weighted by Gasteiger charge is 2.45. The van der Waals surface area contributed by atoms with Gasteiger partial charge in [0.2, 0.25) is 0 Å². The van der Waals surface area contributed by atoms with Crippen molar-refractivity contribution in [2.75, 3.05) is 20.2 Å². The van der Waals surface area contributed by atoms with E-state index in [2.05, 4.69) is 29.4 Å². The number of ketones is 1. The van der Waals surface area contributed by atoms with Gasteiger partial charge in [0.25, 0.3) is 0 Å². The van der Waals surface area contributed by atoms with Crippen molar-refractivity contribution in [3.05, 3.63) is 64.5 Å². The number of rotatable bonds is 5. The molecule has 0 spiro atoms. The van der Waals surface area contributed by atoms with Crippen molar-refractivity contribution in [3.63, 3.8) is 0 Å². The third-order valence-corrected chi connectivity index (χ3v) is 8.29. The number of hydrogen-bond acceptors (Lipinski definition) is 5. The molecular formula is C29H34N4O2. The van der Waals surface area contributed by atoms with Crippen molar-refractivity contribution in [3.8, 4) is 17.5 Å². The Labute approximate surface area is 207 Å². The molecule has 6 heteroatoms. The summed E-state index contributed by atoms with van der Waals surface area (Å²) in [5.74, 6) is 0.687. The first-order valence-electron chi connectivity index (χ1n) is 12.7. The van der Waals surface area contributed by atoms with Crippen LogP contribution in [0.1, 0.15) is 52.1 Å². The zero-order valence-corrected chi connectivity index (χ0v) is 20.9. The van der Waals surface area contributed by atoms with Crippen LogP contribution < -0.4 is 5.32 Å². The number of H-pyrrole nitrogens is 1. The van der Waals surface area contributed by atoms with Crippen LogP contribution in [-0.2, 0) is 17.6 Å². The first-order valence-corrected chi connectivity index (χ1v) is 12.7. The number of fused-ring (bicyclic) bond motifs is 1. The average molecular weight is 471 g/mol. The summed E-state index contributed by atoms with van der Waals surface area (Å²) in [6.07, 6.45) is 12.4. The summed E-state index contributed by atoms with van der Waals surface area (Å²) in [5.41, 5.74) is 5.41. The lowest BCUT2D eigenvalue weighted by Crippen LogP contribution is -2.47. The molecule has 2 N–H and O–H groups in total. The second kappa shape index (κ2) is 9.56. The van der Waals surface area contributed by atoms with Gasteiger partial charge < -0.3 is 15.0 Å². The number of allylic oxidation sites excluding steroid dienone is 4. The molecule has 1 saturated heterocycles. The topological polar surface area (TPSA) is 90.8 Å². The molecule has 2 heterocycles. The Balaban J connectivity index is 1.50. The van der Waals surface area contributed by atoms with Crippen molar-refractivity contribution in [1.82, 2.24) is 15.3 Å². The number of ether oxygens (including phenoxy) is 1. The molecule has 1 fully saturated rings. The summed E-state index contributed by atoms with van der Waals surface area (Å²) >= 11 is 0. The van der Waals surface area contributed by atoms with Gasteiger partial charge in [-0.3, -0.25) is 4.79 Å². The minimum atomic E-state index is -0.628. The van der Waals surface area contributed by atoms with Crippen LogP contribution in [0, 0.1) is 42.4 Å². The quantitative estimate of drug-likeness (QED) is 0.622. The smallest absolute Gasteiger partial charge is 0.167 e. The standard InChI is InChI=1S/C29H34N4O2/c1-18-7-9-21(19(2)26(18)28-32-24-10-8-20(35-3)15-25(24)33-28)27(34)22-16-31-14-11-23(22)29(17-30)12-5-4-6-13-29/h4-7,9,12,20,22-23,31H,8,10-11,13-16H2,1-3H3,(H,32,33). The first kappa shape index (κ1) is 23.7. The molecule has 182 valence electrons. The maximum Gasteiger partial charge on any atom is 0.167 e. The van der Waals surface area contributed by atoms with Crippen LogP contribution in [0.15, 0.2) is 36.4 Å². The Morgan fingerprint density at radius 2 is 2.11 bits per heavy atom. The van der Waals surface area contributed by atoms with E-state index in [1.165, 1.54) is 0 Å². The van der Waals surface area contributed by atoms with Gasteiger partial charge in [-0.1, -0.05) is 36.4 Å². The van der Waals surface area contributed by atoms with Crippen molar-refractivity contribution < 1.29 is 9.53 Å². The number of piperidine rings is 1. The van der Waals surface area contributed by atoms with E-state index < -0.39 is 5.41 Å². The number of Topliss-reactive ketones (excluding diaryl/α,β-unsaturated/α-hetero) is 1. The molecule has 6 nitrogen and oxygen atoms in total. The number of nitrogens with zero attached hydrogens (tertiary/aromatic N) is 2. The molecule has 3 aliphatic rings. The molecule has 1 aliphatic heterocycles. The Morgan fingerprint density at radius 3 is 2.86 bits per heavy atom. The van der Waals surface area contributed by atoms with Gasteiger partial charge in [-0.05, 0) is 63.1 Å². The number of imidazole rings is 1. The number of aryl methyl sites for hydroxylation is 2. The largest absolute Gasteiger partial charge is 0.381 e. The molecular weight excluding hydrogens is 436 g/mol. The van der Waals surface area contributed by atoms with E-state index in [1.807, 2.05) is 37.3 Å². The number of nitriles is 1. The molecule has 1 aromatic heterocycles. The number of benzene rings is 1. The normalized spacial score (nSPS) is 27.9. The highest BCUT2D eigenvalue weighted by atomic mass is 16.5. The monoisotopic (exact) mass is 470 g/mol. The van der Waals surface area contributed by atoms with Gasteiger partial charge in [0.05, 0.1) is 23.3 Å². The number of carbonyl (C=O) groups excluding carboxylic acids is 1. The molecule has 2 aliphatic carbocycles. The van der Waals surface area contributed by atoms with Gasteiger partial charge in [-0.2, -0.15) is 5.26 Å². The van der Waals surface area contributed by atoms with Crippen LogP contribution in [0.5, 0.6) is 0 Å². The summed E-state index contributed by atoms with van der Waals surface area (Å²) in [6, 6.07) is 6.57. The van der Waals surface area contributed by atoms with Crippen molar-refractivity contribution in [2.24, 2.45) is 17.3 Å². The van der Waals surface area contributed by atoms with Crippen molar-refractivity contribution in [2.45, 2.75) is 52.1 Å². The Hall–Kier alpha value is -3.01. The lowest BCUT2D eigenvalue weighted by atomic mass is 9.63. The number of nitrogens with one attached hydrogen (secondary N) is 2. The molecule has 5 rings (SSSR count). The van der Waals surface area contributed by atoms with Gasteiger partial charge in [0.15, 0.2) is 5.78 Å². The fraction of sp³-hybridized carbons (Fsp3) is 0.483. The highest BCUT2D eigenvalue weighted by molar-refractivity contribution is 6.01. The number of aromatic nitrogens is 2. The van der Waals surface area contributed by atoms with E-state index in [0.29, 0.717) is 13.0 Å². The molecule has 2 aromatic rings. The number of hydrogen-bond donors (Lipinski definition) is 2. The van der Waals surface area contributed by atoms with Gasteiger partial charge >= 0.3 is 0 Å². The van der Waals surface area contributed by atoms with Crippen LogP contribution in [0.4, 0.5) is 0 Å². The lowest BCUT2D eigenvalue weighted by molar-refractivity contribution is 0.0755. The summed E-state index contributed by atoms with van der Waals surface area (Å²) < 4.78 is 5.58. The second-order valence-corrected chi connectivity index (χ2v) is 10.3.